The van der Waals surface area contributed by atoms with Crippen LogP contribution in [0, 0.1) is 13.8 Å². The third-order valence-electron chi connectivity index (χ3n) is 4.56. The van der Waals surface area contributed by atoms with E-state index in [1.807, 2.05) is 13.8 Å². The molecule has 9 heteroatoms. The summed E-state index contributed by atoms with van der Waals surface area (Å²) in [6, 6.07) is 10.5. The molecule has 0 aliphatic heterocycles. The molecule has 0 saturated heterocycles. The van der Waals surface area contributed by atoms with E-state index in [0.717, 1.165) is 23.3 Å². The summed E-state index contributed by atoms with van der Waals surface area (Å²) in [5.41, 5.74) is 1.60. The van der Waals surface area contributed by atoms with Gasteiger partial charge in [-0.2, -0.15) is 0 Å². The monoisotopic (exact) mass is 486 g/mol. The van der Waals surface area contributed by atoms with Crippen molar-refractivity contribution < 1.29 is 43.5 Å². The van der Waals surface area contributed by atoms with Crippen LogP contribution in [0.5, 0.6) is 23.0 Å². The second-order valence-corrected chi connectivity index (χ2v) is 7.55. The van der Waals surface area contributed by atoms with Crippen LogP contribution in [0.15, 0.2) is 61.7 Å². The molecule has 0 radical (unpaired) electrons. The Labute approximate surface area is 204 Å². The van der Waals surface area contributed by atoms with Gasteiger partial charge in [-0.15, -0.1) is 0 Å². The van der Waals surface area contributed by atoms with E-state index in [9.17, 15) is 19.8 Å². The Morgan fingerprint density at radius 2 is 1.26 bits per heavy atom. The Kier molecular flexibility index (Phi) is 10.8. The van der Waals surface area contributed by atoms with Crippen molar-refractivity contribution >= 4 is 11.9 Å². The van der Waals surface area contributed by atoms with E-state index in [1.165, 1.54) is 0 Å². The molecule has 188 valence electrons. The highest BCUT2D eigenvalue weighted by Gasteiger charge is 2.12. The number of aliphatic hydroxyl groups is 2. The number of ether oxygens (including phenoxy) is 5. The van der Waals surface area contributed by atoms with Crippen molar-refractivity contribution in [2.75, 3.05) is 26.4 Å². The van der Waals surface area contributed by atoms with Gasteiger partial charge in [-0.25, -0.2) is 9.59 Å². The Bertz CT molecular complexity index is 1030. The minimum absolute atomic E-state index is 0.0442. The fourth-order valence-electron chi connectivity index (χ4n) is 2.75. The van der Waals surface area contributed by atoms with Crippen LogP contribution in [0.2, 0.25) is 0 Å². The summed E-state index contributed by atoms with van der Waals surface area (Å²) in [6.07, 6.45) is 0.104. The van der Waals surface area contributed by atoms with Gasteiger partial charge in [-0.1, -0.05) is 13.2 Å². The molecule has 2 aromatic rings. The summed E-state index contributed by atoms with van der Waals surface area (Å²) >= 11 is 0. The first-order valence-electron chi connectivity index (χ1n) is 10.8. The number of hydrogen-bond donors (Lipinski definition) is 2. The zero-order valence-corrected chi connectivity index (χ0v) is 19.8. The fourth-order valence-corrected chi connectivity index (χ4v) is 2.75. The Morgan fingerprint density at radius 1 is 0.771 bits per heavy atom. The molecule has 0 heterocycles. The molecule has 0 saturated carbocycles. The minimum atomic E-state index is -0.971. The average Bonchev–Trinajstić information content (AvgIpc) is 2.85. The molecule has 2 N–H and O–H groups in total. The number of aryl methyl sites for hydroxylation is 2. The third kappa shape index (κ3) is 9.52. The molecule has 0 aliphatic rings. The summed E-state index contributed by atoms with van der Waals surface area (Å²) in [5.74, 6) is 1.07. The van der Waals surface area contributed by atoms with E-state index >= 15 is 0 Å². The van der Waals surface area contributed by atoms with E-state index in [-0.39, 0.29) is 26.4 Å². The van der Waals surface area contributed by atoms with E-state index in [1.54, 1.807) is 36.4 Å². The molecule has 9 nitrogen and oxygen atoms in total. The number of aliphatic hydroxyl groups excluding tert-OH is 2. The highest BCUT2D eigenvalue weighted by Crippen LogP contribution is 2.31. The first-order chi connectivity index (χ1) is 16.7. The van der Waals surface area contributed by atoms with E-state index in [4.69, 9.17) is 23.7 Å². The summed E-state index contributed by atoms with van der Waals surface area (Å²) in [6.45, 7) is 9.81. The molecule has 35 heavy (non-hydrogen) atoms. The number of carbonyl (C=O) groups excluding carboxylic acids is 2. The van der Waals surface area contributed by atoms with E-state index in [2.05, 4.69) is 13.2 Å². The topological polar surface area (TPSA) is 121 Å². The zero-order valence-electron chi connectivity index (χ0n) is 19.8. The Morgan fingerprint density at radius 3 is 1.80 bits per heavy atom. The molecular weight excluding hydrogens is 456 g/mol. The van der Waals surface area contributed by atoms with Crippen molar-refractivity contribution in [1.29, 1.82) is 0 Å². The zero-order chi connectivity index (χ0) is 25.8. The first-order valence-corrected chi connectivity index (χ1v) is 10.8. The molecule has 0 aliphatic carbocycles. The van der Waals surface area contributed by atoms with Gasteiger partial charge >= 0.3 is 11.9 Å². The van der Waals surface area contributed by atoms with Gasteiger partial charge in [0.05, 0.1) is 0 Å². The normalized spacial score (nSPS) is 12.1. The van der Waals surface area contributed by atoms with Gasteiger partial charge in [-0.3, -0.25) is 0 Å². The van der Waals surface area contributed by atoms with Gasteiger partial charge in [0.2, 0.25) is 0 Å². The predicted octanol–water partition coefficient (Wildman–Crippen LogP) is 3.03. The summed E-state index contributed by atoms with van der Waals surface area (Å²) in [7, 11) is 0. The van der Waals surface area contributed by atoms with Crippen LogP contribution in [-0.4, -0.2) is 60.8 Å². The van der Waals surface area contributed by atoms with Crippen molar-refractivity contribution in [3.8, 4) is 23.0 Å². The molecule has 0 aromatic heterocycles. The van der Waals surface area contributed by atoms with Gasteiger partial charge in [0.25, 0.3) is 0 Å². The van der Waals surface area contributed by atoms with Crippen LogP contribution in [0.4, 0.5) is 0 Å². The van der Waals surface area contributed by atoms with Crippen molar-refractivity contribution in [2.24, 2.45) is 0 Å². The summed E-state index contributed by atoms with van der Waals surface area (Å²) < 4.78 is 26.7. The standard InChI is InChI=1S/C26H30O9/c1-5-25(29)33-15-19(27)13-31-21-7-10-24(18(4)11-21)35-22-8-9-23(17(3)12-22)32-14-20(28)16-34-26(30)6-2/h5-12,19-20,27-28H,1-2,13-16H2,3-4H3. The fraction of sp³-hybridized carbons (Fsp3) is 0.308. The number of benzene rings is 2. The molecular formula is C26H30O9. The van der Waals surface area contributed by atoms with Crippen LogP contribution >= 0.6 is 0 Å². The average molecular weight is 487 g/mol. The van der Waals surface area contributed by atoms with Gasteiger partial charge in [0.15, 0.2) is 0 Å². The molecule has 2 unspecified atom stereocenters. The lowest BCUT2D eigenvalue weighted by Crippen LogP contribution is -2.24. The maximum absolute atomic E-state index is 11.0. The number of carbonyl (C=O) groups is 2. The molecule has 0 fully saturated rings. The molecule has 2 atom stereocenters. The lowest BCUT2D eigenvalue weighted by molar-refractivity contribution is -0.142. The molecule has 0 amide bonds. The second-order valence-electron chi connectivity index (χ2n) is 7.55. The highest BCUT2D eigenvalue weighted by molar-refractivity contribution is 5.81. The number of hydrogen-bond acceptors (Lipinski definition) is 9. The number of esters is 2. The number of rotatable bonds is 14. The van der Waals surface area contributed by atoms with Gasteiger partial charge in [0, 0.05) is 12.2 Å². The lowest BCUT2D eigenvalue weighted by Gasteiger charge is -2.16. The van der Waals surface area contributed by atoms with Crippen molar-refractivity contribution in [1.82, 2.24) is 0 Å². The minimum Gasteiger partial charge on any atom is -0.491 e. The summed E-state index contributed by atoms with van der Waals surface area (Å²) in [5, 5.41) is 19.7. The van der Waals surface area contributed by atoms with Crippen molar-refractivity contribution in [2.45, 2.75) is 26.1 Å². The van der Waals surface area contributed by atoms with E-state index in [0.29, 0.717) is 23.0 Å². The third-order valence-corrected chi connectivity index (χ3v) is 4.56. The first kappa shape index (κ1) is 27.4. The van der Waals surface area contributed by atoms with Gasteiger partial charge < -0.3 is 33.9 Å². The quantitative estimate of drug-likeness (QED) is 0.307. The molecule has 2 rings (SSSR count). The Balaban J connectivity index is 1.88. The maximum atomic E-state index is 11.0. The summed E-state index contributed by atoms with van der Waals surface area (Å²) in [4.78, 5) is 22.1. The van der Waals surface area contributed by atoms with Gasteiger partial charge in [-0.05, 0) is 61.4 Å². The molecule has 2 aromatic carbocycles. The second kappa shape index (κ2) is 13.8. The van der Waals surface area contributed by atoms with Gasteiger partial charge in [0.1, 0.15) is 61.6 Å². The predicted molar refractivity (Wildman–Crippen MR) is 128 cm³/mol. The molecule has 0 spiro atoms. The van der Waals surface area contributed by atoms with E-state index < -0.39 is 24.1 Å². The van der Waals surface area contributed by atoms with Crippen LogP contribution < -0.4 is 14.2 Å². The molecule has 0 bridgehead atoms. The highest BCUT2D eigenvalue weighted by atomic mass is 16.6. The lowest BCUT2D eigenvalue weighted by atomic mass is 10.2. The van der Waals surface area contributed by atoms with Crippen LogP contribution in [-0.2, 0) is 19.1 Å². The Hall–Kier alpha value is -3.82. The SMILES string of the molecule is C=CC(=O)OCC(O)COc1ccc(Oc2ccc(OCC(O)COC(=O)C=C)c(C)c2)c(C)c1. The van der Waals surface area contributed by atoms with Crippen LogP contribution in [0.25, 0.3) is 0 Å². The van der Waals surface area contributed by atoms with Crippen LogP contribution in [0.3, 0.4) is 0 Å². The van der Waals surface area contributed by atoms with Crippen molar-refractivity contribution in [3.05, 3.63) is 72.8 Å². The largest absolute Gasteiger partial charge is 0.491 e. The van der Waals surface area contributed by atoms with Crippen LogP contribution in [0.1, 0.15) is 11.1 Å². The smallest absolute Gasteiger partial charge is 0.330 e. The maximum Gasteiger partial charge on any atom is 0.330 e. The van der Waals surface area contributed by atoms with Crippen molar-refractivity contribution in [3.63, 3.8) is 0 Å².